The highest BCUT2D eigenvalue weighted by Gasteiger charge is 2.49. The van der Waals surface area contributed by atoms with E-state index in [9.17, 15) is 13.6 Å². The zero-order valence-corrected chi connectivity index (χ0v) is 15.6. The van der Waals surface area contributed by atoms with Crippen LogP contribution < -0.4 is 11.1 Å². The molecular formula is C18H20ClF2N3OS. The molecule has 2 saturated carbocycles. The number of thiazole rings is 1. The molecule has 4 rings (SSSR count). The number of fused-ring (bicyclic) bond motifs is 2. The fourth-order valence-corrected chi connectivity index (χ4v) is 5.06. The molecule has 4 unspecified atom stereocenters. The Balaban J connectivity index is 0.00000196. The van der Waals surface area contributed by atoms with Crippen molar-refractivity contribution in [2.45, 2.75) is 31.7 Å². The van der Waals surface area contributed by atoms with Crippen LogP contribution in [0, 0.1) is 29.4 Å². The summed E-state index contributed by atoms with van der Waals surface area (Å²) in [6.07, 6.45) is 5.36. The smallest absolute Gasteiger partial charge is 0.231 e. The van der Waals surface area contributed by atoms with Gasteiger partial charge in [0.25, 0.3) is 0 Å². The van der Waals surface area contributed by atoms with E-state index in [1.165, 1.54) is 17.4 Å². The highest BCUT2D eigenvalue weighted by atomic mass is 35.5. The summed E-state index contributed by atoms with van der Waals surface area (Å²) >= 11 is 1.35. The number of hydrogen-bond donors (Lipinski definition) is 2. The molecule has 2 aliphatic carbocycles. The van der Waals surface area contributed by atoms with Crippen LogP contribution in [0.15, 0.2) is 24.4 Å². The number of rotatable bonds is 4. The predicted molar refractivity (Wildman–Crippen MR) is 99.5 cm³/mol. The topological polar surface area (TPSA) is 68.0 Å². The summed E-state index contributed by atoms with van der Waals surface area (Å²) in [6.45, 7) is 0. The third-order valence-electron chi connectivity index (χ3n) is 5.43. The minimum Gasteiger partial charge on any atom is -0.327 e. The summed E-state index contributed by atoms with van der Waals surface area (Å²) in [7, 11) is 0. The van der Waals surface area contributed by atoms with Gasteiger partial charge in [-0.25, -0.2) is 13.8 Å². The second kappa shape index (κ2) is 7.58. The maximum absolute atomic E-state index is 13.3. The molecule has 1 aromatic carbocycles. The lowest BCUT2D eigenvalue weighted by Crippen LogP contribution is -2.42. The highest BCUT2D eigenvalue weighted by Crippen LogP contribution is 2.48. The largest absolute Gasteiger partial charge is 0.327 e. The van der Waals surface area contributed by atoms with E-state index in [1.807, 2.05) is 0 Å². The molecule has 26 heavy (non-hydrogen) atoms. The van der Waals surface area contributed by atoms with Crippen LogP contribution in [0.5, 0.6) is 0 Å². The van der Waals surface area contributed by atoms with Crippen molar-refractivity contribution in [3.8, 4) is 0 Å². The van der Waals surface area contributed by atoms with Gasteiger partial charge in [-0.3, -0.25) is 4.79 Å². The first-order valence-corrected chi connectivity index (χ1v) is 9.28. The molecule has 2 aromatic rings. The molecule has 1 amide bonds. The highest BCUT2D eigenvalue weighted by molar-refractivity contribution is 7.15. The molecule has 0 saturated heterocycles. The fraction of sp³-hybridized carbons (Fsp3) is 0.444. The monoisotopic (exact) mass is 399 g/mol. The lowest BCUT2D eigenvalue weighted by Gasteiger charge is -2.26. The number of benzene rings is 1. The molecule has 4 atom stereocenters. The van der Waals surface area contributed by atoms with Crippen molar-refractivity contribution in [1.82, 2.24) is 4.98 Å². The van der Waals surface area contributed by atoms with Crippen molar-refractivity contribution >= 4 is 34.8 Å². The molecule has 140 valence electrons. The molecular weight excluding hydrogens is 380 g/mol. The Hall–Kier alpha value is -1.57. The van der Waals surface area contributed by atoms with Gasteiger partial charge >= 0.3 is 0 Å². The third kappa shape index (κ3) is 3.61. The Kier molecular flexibility index (Phi) is 5.60. The van der Waals surface area contributed by atoms with E-state index in [-0.39, 0.29) is 30.3 Å². The van der Waals surface area contributed by atoms with Gasteiger partial charge in [0.1, 0.15) is 0 Å². The Labute approximate surface area is 160 Å². The second-order valence-corrected chi connectivity index (χ2v) is 8.10. The van der Waals surface area contributed by atoms with Gasteiger partial charge in [-0.1, -0.05) is 6.07 Å². The SMILES string of the molecule is Cl.NC1C2CCC(C2)C1C(=O)Nc1ncc(Cc2ccc(F)c(F)c2)s1. The Morgan fingerprint density at radius 2 is 2.04 bits per heavy atom. The molecule has 0 aliphatic heterocycles. The van der Waals surface area contributed by atoms with Gasteiger partial charge in [0.05, 0.1) is 5.92 Å². The maximum atomic E-state index is 13.3. The summed E-state index contributed by atoms with van der Waals surface area (Å²) in [5.74, 6) is -1.03. The van der Waals surface area contributed by atoms with Crippen molar-refractivity contribution in [1.29, 1.82) is 0 Å². The van der Waals surface area contributed by atoms with Crippen molar-refractivity contribution in [2.24, 2.45) is 23.5 Å². The molecule has 1 aromatic heterocycles. The van der Waals surface area contributed by atoms with E-state index >= 15 is 0 Å². The predicted octanol–water partition coefficient (Wildman–Crippen LogP) is 3.75. The molecule has 2 aliphatic rings. The van der Waals surface area contributed by atoms with Crippen molar-refractivity contribution < 1.29 is 13.6 Å². The second-order valence-electron chi connectivity index (χ2n) is 6.98. The Bertz CT molecular complexity index is 813. The minimum absolute atomic E-state index is 0. The lowest BCUT2D eigenvalue weighted by molar-refractivity contribution is -0.121. The molecule has 2 fully saturated rings. The van der Waals surface area contributed by atoms with Crippen LogP contribution in [0.25, 0.3) is 0 Å². The third-order valence-corrected chi connectivity index (χ3v) is 6.34. The fourth-order valence-electron chi connectivity index (χ4n) is 4.21. The van der Waals surface area contributed by atoms with Gasteiger partial charge in [0.15, 0.2) is 16.8 Å². The van der Waals surface area contributed by atoms with Gasteiger partial charge in [-0.05, 0) is 48.8 Å². The van der Waals surface area contributed by atoms with E-state index in [0.717, 1.165) is 30.2 Å². The quantitative estimate of drug-likeness (QED) is 0.822. The molecule has 1 heterocycles. The number of halogens is 3. The number of anilines is 1. The molecule has 4 nitrogen and oxygen atoms in total. The summed E-state index contributed by atoms with van der Waals surface area (Å²) in [5, 5.41) is 3.41. The van der Waals surface area contributed by atoms with Crippen LogP contribution >= 0.6 is 23.7 Å². The normalized spacial score (nSPS) is 26.6. The van der Waals surface area contributed by atoms with E-state index in [4.69, 9.17) is 5.73 Å². The van der Waals surface area contributed by atoms with Gasteiger partial charge in [0, 0.05) is 23.5 Å². The number of nitrogens with zero attached hydrogens (tertiary/aromatic N) is 1. The molecule has 0 radical (unpaired) electrons. The first-order valence-electron chi connectivity index (χ1n) is 8.46. The van der Waals surface area contributed by atoms with E-state index in [2.05, 4.69) is 10.3 Å². The Morgan fingerprint density at radius 1 is 1.27 bits per heavy atom. The first-order chi connectivity index (χ1) is 12.0. The zero-order chi connectivity index (χ0) is 17.6. The lowest BCUT2D eigenvalue weighted by atomic mass is 9.84. The van der Waals surface area contributed by atoms with Gasteiger partial charge in [-0.2, -0.15) is 0 Å². The standard InChI is InChI=1S/C18H19F2N3OS.ClH/c19-13-4-1-9(6-14(13)20)5-12-8-22-18(25-12)23-17(24)15-10-2-3-11(7-10)16(15)21;/h1,4,6,8,10-11,15-16H,2-3,5,7,21H2,(H,22,23,24);1H. The van der Waals surface area contributed by atoms with Crippen LogP contribution in [-0.2, 0) is 11.2 Å². The number of carbonyl (C=O) groups excluding carboxylic acids is 1. The van der Waals surface area contributed by atoms with E-state index in [0.29, 0.717) is 29.0 Å². The minimum atomic E-state index is -0.860. The number of carbonyl (C=O) groups is 1. The van der Waals surface area contributed by atoms with Crippen LogP contribution in [-0.4, -0.2) is 16.9 Å². The number of amides is 1. The Morgan fingerprint density at radius 3 is 2.73 bits per heavy atom. The van der Waals surface area contributed by atoms with Gasteiger partial charge in [0.2, 0.25) is 5.91 Å². The number of aromatic nitrogens is 1. The average molecular weight is 400 g/mol. The van der Waals surface area contributed by atoms with E-state index < -0.39 is 11.6 Å². The number of nitrogens with two attached hydrogens (primary N) is 1. The number of nitrogens with one attached hydrogen (secondary N) is 1. The van der Waals surface area contributed by atoms with Crippen molar-refractivity contribution in [2.75, 3.05) is 5.32 Å². The summed E-state index contributed by atoms with van der Waals surface area (Å²) in [5.41, 5.74) is 6.87. The molecule has 2 bridgehead atoms. The van der Waals surface area contributed by atoms with Gasteiger partial charge in [-0.15, -0.1) is 23.7 Å². The molecule has 0 spiro atoms. The molecule has 3 N–H and O–H groups in total. The van der Waals surface area contributed by atoms with Crippen molar-refractivity contribution in [3.63, 3.8) is 0 Å². The van der Waals surface area contributed by atoms with Crippen LogP contribution in [0.2, 0.25) is 0 Å². The summed E-state index contributed by atoms with van der Waals surface area (Å²) in [4.78, 5) is 17.7. The average Bonchev–Trinajstić information content (AvgIpc) is 3.27. The summed E-state index contributed by atoms with van der Waals surface area (Å²) in [6, 6.07) is 3.79. The first kappa shape index (κ1) is 19.2. The molecule has 8 heteroatoms. The maximum Gasteiger partial charge on any atom is 0.231 e. The van der Waals surface area contributed by atoms with Crippen molar-refractivity contribution in [3.05, 3.63) is 46.5 Å². The van der Waals surface area contributed by atoms with Gasteiger partial charge < -0.3 is 11.1 Å². The van der Waals surface area contributed by atoms with Crippen LogP contribution in [0.3, 0.4) is 0 Å². The van der Waals surface area contributed by atoms with Crippen LogP contribution in [0.1, 0.15) is 29.7 Å². The van der Waals surface area contributed by atoms with Crippen LogP contribution in [0.4, 0.5) is 13.9 Å². The number of hydrogen-bond acceptors (Lipinski definition) is 4. The zero-order valence-electron chi connectivity index (χ0n) is 14.0. The van der Waals surface area contributed by atoms with E-state index in [1.54, 1.807) is 12.3 Å². The summed E-state index contributed by atoms with van der Waals surface area (Å²) < 4.78 is 26.3.